The monoisotopic (exact) mass is 310 g/mol. The van der Waals surface area contributed by atoms with Crippen LogP contribution in [0.4, 0.5) is 4.39 Å². The van der Waals surface area contributed by atoms with Crippen LogP contribution >= 0.6 is 15.9 Å². The van der Waals surface area contributed by atoms with E-state index >= 15 is 0 Å². The van der Waals surface area contributed by atoms with Crippen LogP contribution in [-0.2, 0) is 13.5 Å². The van der Waals surface area contributed by atoms with E-state index in [4.69, 9.17) is 0 Å². The number of halogens is 2. The smallest absolute Gasteiger partial charge is 0.163 e. The molecule has 0 saturated carbocycles. The Bertz CT molecular complexity index is 580. The second kappa shape index (κ2) is 5.44. The van der Waals surface area contributed by atoms with Gasteiger partial charge in [0.15, 0.2) is 5.78 Å². The number of benzene rings is 1. The predicted molar refractivity (Wildman–Crippen MR) is 70.0 cm³/mol. The lowest BCUT2D eigenvalue weighted by Crippen LogP contribution is -2.05. The van der Waals surface area contributed by atoms with E-state index in [9.17, 15) is 9.18 Å². The third-order valence-corrected chi connectivity index (χ3v) is 3.42. The number of hydrogen-bond donors (Lipinski definition) is 0. The van der Waals surface area contributed by atoms with Crippen molar-refractivity contribution in [3.63, 3.8) is 0 Å². The Kier molecular flexibility index (Phi) is 3.91. The topological polar surface area (TPSA) is 34.9 Å². The zero-order chi connectivity index (χ0) is 13.1. The van der Waals surface area contributed by atoms with E-state index < -0.39 is 5.82 Å². The first-order valence-electron chi connectivity index (χ1n) is 5.53. The van der Waals surface area contributed by atoms with Crippen molar-refractivity contribution in [2.45, 2.75) is 12.8 Å². The summed E-state index contributed by atoms with van der Waals surface area (Å²) in [5.41, 5.74) is 1.39. The molecule has 0 amide bonds. The van der Waals surface area contributed by atoms with Gasteiger partial charge >= 0.3 is 0 Å². The molecule has 0 fully saturated rings. The molecule has 1 aromatic carbocycles. The van der Waals surface area contributed by atoms with Crippen LogP contribution in [0.5, 0.6) is 0 Å². The van der Waals surface area contributed by atoms with E-state index in [0.717, 1.165) is 5.69 Å². The Morgan fingerprint density at radius 1 is 1.44 bits per heavy atom. The van der Waals surface area contributed by atoms with Crippen molar-refractivity contribution in [1.82, 2.24) is 9.78 Å². The number of carbonyl (C=O) groups is 1. The molecule has 0 aliphatic carbocycles. The highest BCUT2D eigenvalue weighted by atomic mass is 79.9. The molecule has 1 aromatic heterocycles. The highest BCUT2D eigenvalue weighted by Crippen LogP contribution is 2.17. The molecular formula is C13H12BrFN2O. The third-order valence-electron chi connectivity index (χ3n) is 2.77. The minimum absolute atomic E-state index is 0.0670. The van der Waals surface area contributed by atoms with E-state index in [-0.39, 0.29) is 5.78 Å². The molecule has 18 heavy (non-hydrogen) atoms. The van der Waals surface area contributed by atoms with Crippen LogP contribution in [0.2, 0.25) is 0 Å². The molecular weight excluding hydrogens is 299 g/mol. The van der Waals surface area contributed by atoms with Crippen molar-refractivity contribution in [2.75, 3.05) is 0 Å². The highest BCUT2D eigenvalue weighted by molar-refractivity contribution is 9.10. The molecule has 0 spiro atoms. The number of rotatable bonds is 4. The molecule has 0 aliphatic heterocycles. The minimum Gasteiger partial charge on any atom is -0.294 e. The van der Waals surface area contributed by atoms with Crippen molar-refractivity contribution in [3.05, 3.63) is 52.0 Å². The van der Waals surface area contributed by atoms with Gasteiger partial charge in [0.05, 0.1) is 4.47 Å². The normalized spacial score (nSPS) is 10.6. The molecule has 0 saturated heterocycles. The molecule has 2 rings (SSSR count). The van der Waals surface area contributed by atoms with Gasteiger partial charge in [-0.3, -0.25) is 9.48 Å². The first-order chi connectivity index (χ1) is 8.58. The van der Waals surface area contributed by atoms with Gasteiger partial charge in [0.1, 0.15) is 5.82 Å². The maximum atomic E-state index is 13.3. The number of aryl methyl sites for hydroxylation is 2. The molecule has 0 unspecified atom stereocenters. The molecule has 0 radical (unpaired) electrons. The first-order valence-corrected chi connectivity index (χ1v) is 6.32. The van der Waals surface area contributed by atoms with Crippen molar-refractivity contribution >= 4 is 21.7 Å². The van der Waals surface area contributed by atoms with Crippen LogP contribution in [0.3, 0.4) is 0 Å². The summed E-state index contributed by atoms with van der Waals surface area (Å²) in [5.74, 6) is -0.482. The summed E-state index contributed by atoms with van der Waals surface area (Å²) in [6, 6.07) is 6.30. The summed E-state index contributed by atoms with van der Waals surface area (Å²) in [4.78, 5) is 11.9. The van der Waals surface area contributed by atoms with E-state index in [1.165, 1.54) is 6.07 Å². The van der Waals surface area contributed by atoms with Crippen molar-refractivity contribution < 1.29 is 9.18 Å². The van der Waals surface area contributed by atoms with E-state index in [0.29, 0.717) is 22.9 Å². The van der Waals surface area contributed by atoms with Crippen molar-refractivity contribution in [3.8, 4) is 0 Å². The number of ketones is 1. The van der Waals surface area contributed by atoms with Gasteiger partial charge in [0, 0.05) is 30.9 Å². The summed E-state index contributed by atoms with van der Waals surface area (Å²) >= 11 is 3.06. The zero-order valence-corrected chi connectivity index (χ0v) is 11.4. The van der Waals surface area contributed by atoms with Gasteiger partial charge in [-0.2, -0.15) is 5.10 Å². The summed E-state index contributed by atoms with van der Waals surface area (Å²) in [5, 5.41) is 4.03. The largest absolute Gasteiger partial charge is 0.294 e. The lowest BCUT2D eigenvalue weighted by Gasteiger charge is -2.03. The summed E-state index contributed by atoms with van der Waals surface area (Å²) in [7, 11) is 1.83. The second-order valence-electron chi connectivity index (χ2n) is 4.00. The molecule has 0 N–H and O–H groups in total. The van der Waals surface area contributed by atoms with Gasteiger partial charge in [0.25, 0.3) is 0 Å². The fraction of sp³-hybridized carbons (Fsp3) is 0.231. The van der Waals surface area contributed by atoms with Gasteiger partial charge in [-0.1, -0.05) is 6.07 Å². The Balaban J connectivity index is 2.04. The quantitative estimate of drug-likeness (QED) is 0.813. The van der Waals surface area contributed by atoms with E-state index in [2.05, 4.69) is 21.0 Å². The van der Waals surface area contributed by atoms with Gasteiger partial charge in [0.2, 0.25) is 0 Å². The van der Waals surface area contributed by atoms with Crippen LogP contribution in [0.1, 0.15) is 22.5 Å². The molecule has 3 nitrogen and oxygen atoms in total. The number of aromatic nitrogens is 2. The third kappa shape index (κ3) is 2.85. The number of nitrogens with zero attached hydrogens (tertiary/aromatic N) is 2. The number of Topliss-reactive ketones (excluding diaryl/α,β-unsaturated/α-hetero) is 1. The summed E-state index contributed by atoms with van der Waals surface area (Å²) in [6.45, 7) is 0. The van der Waals surface area contributed by atoms with Gasteiger partial charge in [-0.05, 0) is 40.5 Å². The fourth-order valence-corrected chi connectivity index (χ4v) is 1.95. The first kappa shape index (κ1) is 13.0. The lowest BCUT2D eigenvalue weighted by atomic mass is 10.1. The average Bonchev–Trinajstić information content (AvgIpc) is 2.75. The van der Waals surface area contributed by atoms with Gasteiger partial charge in [-0.15, -0.1) is 0 Å². The van der Waals surface area contributed by atoms with Crippen molar-refractivity contribution in [1.29, 1.82) is 0 Å². The molecule has 0 atom stereocenters. The van der Waals surface area contributed by atoms with Crippen LogP contribution in [0.25, 0.3) is 0 Å². The number of hydrogen-bond acceptors (Lipinski definition) is 2. The standard InChI is InChI=1S/C13H12BrFN2O/c1-17-10(6-7-16-17)3-5-13(18)9-2-4-11(14)12(15)8-9/h2,4,6-8H,3,5H2,1H3. The van der Waals surface area contributed by atoms with E-state index in [1.807, 2.05) is 13.1 Å². The Hall–Kier alpha value is -1.49. The van der Waals surface area contributed by atoms with Crippen molar-refractivity contribution in [2.24, 2.45) is 7.05 Å². The van der Waals surface area contributed by atoms with Crippen LogP contribution in [0, 0.1) is 5.82 Å². The molecule has 2 aromatic rings. The Labute approximate surface area is 113 Å². The summed E-state index contributed by atoms with van der Waals surface area (Å²) < 4.78 is 15.4. The molecule has 1 heterocycles. The highest BCUT2D eigenvalue weighted by Gasteiger charge is 2.10. The molecule has 0 bridgehead atoms. The fourth-order valence-electron chi connectivity index (χ4n) is 1.70. The molecule has 0 aliphatic rings. The molecule has 94 valence electrons. The van der Waals surface area contributed by atoms with Crippen LogP contribution < -0.4 is 0 Å². The van der Waals surface area contributed by atoms with E-state index in [1.54, 1.807) is 23.0 Å². The summed E-state index contributed by atoms with van der Waals surface area (Å²) in [6.07, 6.45) is 2.65. The van der Waals surface area contributed by atoms with Crippen LogP contribution in [-0.4, -0.2) is 15.6 Å². The maximum Gasteiger partial charge on any atom is 0.163 e. The second-order valence-corrected chi connectivity index (χ2v) is 4.85. The predicted octanol–water partition coefficient (Wildman–Crippen LogP) is 3.14. The van der Waals surface area contributed by atoms with Gasteiger partial charge < -0.3 is 0 Å². The van der Waals surface area contributed by atoms with Crippen LogP contribution in [0.15, 0.2) is 34.9 Å². The maximum absolute atomic E-state index is 13.3. The Morgan fingerprint density at radius 2 is 2.22 bits per heavy atom. The average molecular weight is 311 g/mol. The SMILES string of the molecule is Cn1nccc1CCC(=O)c1ccc(Br)c(F)c1. The Morgan fingerprint density at radius 3 is 2.83 bits per heavy atom. The van der Waals surface area contributed by atoms with Gasteiger partial charge in [-0.25, -0.2) is 4.39 Å². The minimum atomic E-state index is -0.415. The lowest BCUT2D eigenvalue weighted by molar-refractivity contribution is 0.0982. The molecule has 5 heteroatoms. The zero-order valence-electron chi connectivity index (χ0n) is 9.86. The number of carbonyl (C=O) groups excluding carboxylic acids is 1.